The normalized spacial score (nSPS) is 11.4. The van der Waals surface area contributed by atoms with Crippen molar-refractivity contribution in [3.8, 4) is 0 Å². The minimum atomic E-state index is -3.29. The fourth-order valence-electron chi connectivity index (χ4n) is 1.76. The Bertz CT molecular complexity index is 753. The third-order valence-electron chi connectivity index (χ3n) is 2.89. The lowest BCUT2D eigenvalue weighted by atomic mass is 10.2. The molecule has 0 unspecified atom stereocenters. The van der Waals surface area contributed by atoms with E-state index in [2.05, 4.69) is 15.5 Å². The largest absolute Gasteiger partial charge is 0.454 e. The number of aromatic nitrogens is 4. The van der Waals surface area contributed by atoms with E-state index in [1.807, 2.05) is 6.92 Å². The van der Waals surface area contributed by atoms with Crippen molar-refractivity contribution >= 4 is 15.8 Å². The molecule has 0 aliphatic rings. The van der Waals surface area contributed by atoms with Crippen LogP contribution in [0.15, 0.2) is 29.2 Å². The van der Waals surface area contributed by atoms with Gasteiger partial charge in [0.2, 0.25) is 0 Å². The Hall–Kier alpha value is -2.29. The molecule has 1 aromatic carbocycles. The number of carbonyl (C=O) groups excluding carboxylic acids is 1. The average molecular weight is 324 g/mol. The number of carbonyl (C=O) groups is 1. The molecule has 8 nitrogen and oxygen atoms in total. The number of rotatable bonds is 6. The summed E-state index contributed by atoms with van der Waals surface area (Å²) in [7, 11) is -3.29. The van der Waals surface area contributed by atoms with Gasteiger partial charge in [-0.2, -0.15) is 0 Å². The number of sulfone groups is 1. The molecule has 118 valence electrons. The van der Waals surface area contributed by atoms with Gasteiger partial charge in [-0.3, -0.25) is 0 Å². The standard InChI is InChI=1S/C13H16N4O4S/c1-3-8-17-12(14-15-16-17)9-21-13(18)10-4-6-11(7-5-10)22(2,19)20/h4-7H,3,8-9H2,1-2H3. The summed E-state index contributed by atoms with van der Waals surface area (Å²) >= 11 is 0. The number of aryl methyl sites for hydroxylation is 1. The van der Waals surface area contributed by atoms with Crippen molar-refractivity contribution in [2.24, 2.45) is 0 Å². The van der Waals surface area contributed by atoms with Crippen LogP contribution < -0.4 is 0 Å². The fourth-order valence-corrected chi connectivity index (χ4v) is 2.39. The predicted octanol–water partition coefficient (Wildman–Crippen LogP) is 0.844. The van der Waals surface area contributed by atoms with E-state index in [-0.39, 0.29) is 17.1 Å². The molecule has 0 N–H and O–H groups in total. The topological polar surface area (TPSA) is 104 Å². The van der Waals surface area contributed by atoms with Crippen LogP contribution in [0.1, 0.15) is 29.5 Å². The maximum Gasteiger partial charge on any atom is 0.338 e. The lowest BCUT2D eigenvalue weighted by molar-refractivity contribution is 0.0456. The zero-order chi connectivity index (χ0) is 16.2. The molecule has 0 radical (unpaired) electrons. The molecule has 2 rings (SSSR count). The van der Waals surface area contributed by atoms with Gasteiger partial charge in [0.25, 0.3) is 0 Å². The molecule has 0 bridgehead atoms. The van der Waals surface area contributed by atoms with Crippen LogP contribution in [-0.4, -0.2) is 40.9 Å². The number of ether oxygens (including phenoxy) is 1. The van der Waals surface area contributed by atoms with E-state index in [9.17, 15) is 13.2 Å². The third-order valence-corrected chi connectivity index (χ3v) is 4.02. The van der Waals surface area contributed by atoms with E-state index in [0.717, 1.165) is 12.7 Å². The number of esters is 1. The molecule has 1 aromatic heterocycles. The van der Waals surface area contributed by atoms with Crippen LogP contribution in [0, 0.1) is 0 Å². The van der Waals surface area contributed by atoms with E-state index in [0.29, 0.717) is 12.4 Å². The Morgan fingerprint density at radius 1 is 1.27 bits per heavy atom. The van der Waals surface area contributed by atoms with Crippen molar-refractivity contribution in [2.75, 3.05) is 6.26 Å². The molecule has 22 heavy (non-hydrogen) atoms. The van der Waals surface area contributed by atoms with E-state index in [1.165, 1.54) is 24.3 Å². The van der Waals surface area contributed by atoms with Crippen LogP contribution in [0.2, 0.25) is 0 Å². The highest BCUT2D eigenvalue weighted by Gasteiger charge is 2.13. The highest BCUT2D eigenvalue weighted by atomic mass is 32.2. The van der Waals surface area contributed by atoms with Gasteiger partial charge >= 0.3 is 5.97 Å². The molecule has 0 spiro atoms. The first-order valence-electron chi connectivity index (χ1n) is 6.64. The van der Waals surface area contributed by atoms with Gasteiger partial charge < -0.3 is 4.74 Å². The quantitative estimate of drug-likeness (QED) is 0.725. The molecular formula is C13H16N4O4S. The van der Waals surface area contributed by atoms with Crippen LogP contribution in [0.3, 0.4) is 0 Å². The van der Waals surface area contributed by atoms with Gasteiger partial charge in [-0.05, 0) is 41.1 Å². The lowest BCUT2D eigenvalue weighted by Gasteiger charge is -2.05. The average Bonchev–Trinajstić information content (AvgIpc) is 2.92. The van der Waals surface area contributed by atoms with Crippen LogP contribution in [0.4, 0.5) is 0 Å². The second-order valence-electron chi connectivity index (χ2n) is 4.69. The molecule has 2 aromatic rings. The first-order chi connectivity index (χ1) is 10.4. The van der Waals surface area contributed by atoms with Crippen LogP contribution in [-0.2, 0) is 27.7 Å². The summed E-state index contributed by atoms with van der Waals surface area (Å²) in [4.78, 5) is 12.1. The van der Waals surface area contributed by atoms with Gasteiger partial charge in [0.1, 0.15) is 0 Å². The summed E-state index contributed by atoms with van der Waals surface area (Å²) in [5.74, 6) is -0.103. The summed E-state index contributed by atoms with van der Waals surface area (Å²) in [5.41, 5.74) is 0.266. The van der Waals surface area contributed by atoms with Crippen molar-refractivity contribution in [3.05, 3.63) is 35.7 Å². The van der Waals surface area contributed by atoms with E-state index in [4.69, 9.17) is 4.74 Å². The highest BCUT2D eigenvalue weighted by Crippen LogP contribution is 2.11. The van der Waals surface area contributed by atoms with Gasteiger partial charge in [0, 0.05) is 12.8 Å². The van der Waals surface area contributed by atoms with Crippen LogP contribution >= 0.6 is 0 Å². The number of nitrogens with zero attached hydrogens (tertiary/aromatic N) is 4. The summed E-state index contributed by atoms with van der Waals surface area (Å²) < 4.78 is 29.4. The molecule has 1 heterocycles. The zero-order valence-electron chi connectivity index (χ0n) is 12.3. The number of hydrogen-bond donors (Lipinski definition) is 0. The van der Waals surface area contributed by atoms with E-state index >= 15 is 0 Å². The summed E-state index contributed by atoms with van der Waals surface area (Å²) in [6.45, 7) is 2.59. The Kier molecular flexibility index (Phi) is 4.86. The predicted molar refractivity (Wildman–Crippen MR) is 76.8 cm³/mol. The van der Waals surface area contributed by atoms with Crippen molar-refractivity contribution in [1.29, 1.82) is 0 Å². The molecule has 0 aliphatic heterocycles. The molecule has 0 amide bonds. The van der Waals surface area contributed by atoms with Crippen molar-refractivity contribution < 1.29 is 17.9 Å². The molecule has 0 atom stereocenters. The van der Waals surface area contributed by atoms with Crippen molar-refractivity contribution in [1.82, 2.24) is 20.2 Å². The minimum Gasteiger partial charge on any atom is -0.454 e. The third kappa shape index (κ3) is 3.88. The first kappa shape index (κ1) is 16.1. The Balaban J connectivity index is 2.02. The molecule has 9 heteroatoms. The first-order valence-corrected chi connectivity index (χ1v) is 8.53. The van der Waals surface area contributed by atoms with Gasteiger partial charge in [0.15, 0.2) is 22.3 Å². The Morgan fingerprint density at radius 3 is 2.55 bits per heavy atom. The zero-order valence-corrected chi connectivity index (χ0v) is 13.1. The van der Waals surface area contributed by atoms with E-state index in [1.54, 1.807) is 4.68 Å². The summed E-state index contributed by atoms with van der Waals surface area (Å²) in [5, 5.41) is 11.1. The number of benzene rings is 1. The van der Waals surface area contributed by atoms with Gasteiger partial charge in [-0.25, -0.2) is 17.9 Å². The maximum atomic E-state index is 11.9. The maximum absolute atomic E-state index is 11.9. The highest BCUT2D eigenvalue weighted by molar-refractivity contribution is 7.90. The number of tetrazole rings is 1. The van der Waals surface area contributed by atoms with Gasteiger partial charge in [-0.15, -0.1) is 5.10 Å². The Labute approximate surface area is 128 Å². The number of hydrogen-bond acceptors (Lipinski definition) is 7. The Morgan fingerprint density at radius 2 is 1.95 bits per heavy atom. The smallest absolute Gasteiger partial charge is 0.338 e. The van der Waals surface area contributed by atoms with Gasteiger partial charge in [-0.1, -0.05) is 6.92 Å². The van der Waals surface area contributed by atoms with E-state index < -0.39 is 15.8 Å². The second kappa shape index (κ2) is 6.65. The molecular weight excluding hydrogens is 308 g/mol. The fraction of sp³-hybridized carbons (Fsp3) is 0.385. The second-order valence-corrected chi connectivity index (χ2v) is 6.71. The summed E-state index contributed by atoms with van der Waals surface area (Å²) in [6.07, 6.45) is 1.97. The monoisotopic (exact) mass is 324 g/mol. The van der Waals surface area contributed by atoms with Crippen LogP contribution in [0.25, 0.3) is 0 Å². The molecule has 0 saturated carbocycles. The molecule has 0 aliphatic carbocycles. The minimum absolute atomic E-state index is 0.0420. The SMILES string of the molecule is CCCn1nnnc1COC(=O)c1ccc(S(C)(=O)=O)cc1. The molecule has 0 saturated heterocycles. The lowest BCUT2D eigenvalue weighted by Crippen LogP contribution is -2.11. The van der Waals surface area contributed by atoms with Gasteiger partial charge in [0.05, 0.1) is 10.5 Å². The summed E-state index contributed by atoms with van der Waals surface area (Å²) in [6, 6.07) is 5.56. The van der Waals surface area contributed by atoms with Crippen molar-refractivity contribution in [2.45, 2.75) is 31.4 Å². The molecule has 0 fully saturated rings. The van der Waals surface area contributed by atoms with Crippen LogP contribution in [0.5, 0.6) is 0 Å². The van der Waals surface area contributed by atoms with Crippen molar-refractivity contribution in [3.63, 3.8) is 0 Å².